The highest BCUT2D eigenvalue weighted by Crippen LogP contribution is 2.17. The molecule has 3 heterocycles. The van der Waals surface area contributed by atoms with Gasteiger partial charge in [0.1, 0.15) is 49.8 Å². The molecule has 1 atom stereocenters. The number of aryl methyl sites for hydroxylation is 2. The number of oxime groups is 2. The Kier molecular flexibility index (Phi) is 11.5. The van der Waals surface area contributed by atoms with E-state index in [2.05, 4.69) is 36.1 Å². The minimum absolute atomic E-state index is 0.0302. The van der Waals surface area contributed by atoms with Gasteiger partial charge in [-0.2, -0.15) is 5.48 Å². The number of aromatic nitrogens is 6. The van der Waals surface area contributed by atoms with E-state index in [1.165, 1.54) is 50.9 Å². The molecule has 0 saturated heterocycles. The number of nitrogens with one attached hydrogen (secondary N) is 2. The summed E-state index contributed by atoms with van der Waals surface area (Å²) in [5.74, 6) is -1.16. The number of nitro groups is 3. The van der Waals surface area contributed by atoms with Gasteiger partial charge in [0.15, 0.2) is 0 Å². The standard InChI is InChI=1S/C24H35N13O9/c1-23(2,18(29-38)5-10-32-12-7-25-20(32)35(40)41)28-15-17(16-34-14-9-27-22(34)37(44)45)46-31-24(3,4)19(30-39)6-11-33-13-8-26-21(33)36(42)43/h7-9,12-14,17,28,31,38-39H,5-6,10-11,15-16H2,1-4H3/b29-18+,30-19+. The lowest BCUT2D eigenvalue weighted by Crippen LogP contribution is -2.54. The van der Waals surface area contributed by atoms with Gasteiger partial charge in [-0.3, -0.25) is 4.84 Å². The SMILES string of the molecule is CC(C)(NCC(Cn1ccnc1[N+](=O)[O-])ONC(C)(C)/C(CCn1ccnc1[N+](=O)[O-])=N/O)/C(CCn1ccnc1[N+](=O)[O-])=N/O. The van der Waals surface area contributed by atoms with E-state index in [9.17, 15) is 40.8 Å². The van der Waals surface area contributed by atoms with Gasteiger partial charge in [0.2, 0.25) is 0 Å². The summed E-state index contributed by atoms with van der Waals surface area (Å²) in [5.41, 5.74) is 1.15. The fraction of sp³-hybridized carbons (Fsp3) is 0.542. The molecule has 0 aliphatic heterocycles. The lowest BCUT2D eigenvalue weighted by molar-refractivity contribution is -0.397. The highest BCUT2D eigenvalue weighted by Gasteiger charge is 2.32. The molecule has 0 saturated carbocycles. The third kappa shape index (κ3) is 8.86. The summed E-state index contributed by atoms with van der Waals surface area (Å²) in [6, 6.07) is 0. The predicted octanol–water partition coefficient (Wildman–Crippen LogP) is 1.88. The molecule has 22 heteroatoms. The maximum Gasteiger partial charge on any atom is 0.434 e. The Morgan fingerprint density at radius 3 is 1.65 bits per heavy atom. The smallest absolute Gasteiger partial charge is 0.411 e. The molecule has 0 spiro atoms. The number of hydrogen-bond donors (Lipinski definition) is 4. The van der Waals surface area contributed by atoms with Crippen molar-refractivity contribution in [2.24, 2.45) is 10.3 Å². The lowest BCUT2D eigenvalue weighted by Gasteiger charge is -2.32. The first-order valence-electron chi connectivity index (χ1n) is 13.8. The molecular formula is C24H35N13O9. The van der Waals surface area contributed by atoms with Crippen LogP contribution in [0.5, 0.6) is 0 Å². The largest absolute Gasteiger partial charge is 0.434 e. The second kappa shape index (κ2) is 15.1. The molecule has 3 aromatic heterocycles. The van der Waals surface area contributed by atoms with Crippen molar-refractivity contribution in [2.45, 2.75) is 77.4 Å². The van der Waals surface area contributed by atoms with E-state index in [1.54, 1.807) is 27.7 Å². The summed E-state index contributed by atoms with van der Waals surface area (Å²) < 4.78 is 3.87. The highest BCUT2D eigenvalue weighted by atomic mass is 16.7. The van der Waals surface area contributed by atoms with E-state index in [0.29, 0.717) is 0 Å². The Balaban J connectivity index is 1.72. The summed E-state index contributed by atoms with van der Waals surface area (Å²) in [6.45, 7) is 6.85. The third-order valence-corrected chi connectivity index (χ3v) is 7.09. The fourth-order valence-electron chi connectivity index (χ4n) is 4.46. The van der Waals surface area contributed by atoms with Crippen LogP contribution in [0.4, 0.5) is 17.8 Å². The second-order valence-corrected chi connectivity index (χ2v) is 11.1. The van der Waals surface area contributed by atoms with E-state index in [4.69, 9.17) is 4.84 Å². The van der Waals surface area contributed by atoms with Crippen LogP contribution in [0.3, 0.4) is 0 Å². The van der Waals surface area contributed by atoms with E-state index in [0.717, 1.165) is 0 Å². The van der Waals surface area contributed by atoms with Crippen LogP contribution in [0.1, 0.15) is 40.5 Å². The maximum absolute atomic E-state index is 11.5. The zero-order valence-electron chi connectivity index (χ0n) is 25.5. The van der Waals surface area contributed by atoms with Gasteiger partial charge >= 0.3 is 17.8 Å². The molecule has 1 unspecified atom stereocenters. The molecule has 0 amide bonds. The second-order valence-electron chi connectivity index (χ2n) is 11.1. The quantitative estimate of drug-likeness (QED) is 0.0624. The highest BCUT2D eigenvalue weighted by molar-refractivity contribution is 5.92. The van der Waals surface area contributed by atoms with Gasteiger partial charge < -0.3 is 46.1 Å². The molecule has 250 valence electrons. The fourth-order valence-corrected chi connectivity index (χ4v) is 4.46. The first-order chi connectivity index (χ1) is 21.7. The van der Waals surface area contributed by atoms with Crippen LogP contribution in [0.2, 0.25) is 0 Å². The van der Waals surface area contributed by atoms with Gasteiger partial charge in [-0.1, -0.05) is 25.3 Å². The van der Waals surface area contributed by atoms with E-state index in [-0.39, 0.29) is 62.3 Å². The number of hydroxylamine groups is 1. The minimum Gasteiger partial charge on any atom is -0.411 e. The predicted molar refractivity (Wildman–Crippen MR) is 158 cm³/mol. The molecule has 22 nitrogen and oxygen atoms in total. The van der Waals surface area contributed by atoms with Crippen molar-refractivity contribution in [3.63, 3.8) is 0 Å². The van der Waals surface area contributed by atoms with Gasteiger partial charge in [-0.15, -0.1) is 0 Å². The number of rotatable bonds is 19. The maximum atomic E-state index is 11.5. The summed E-state index contributed by atoms with van der Waals surface area (Å²) in [6.07, 6.45) is 7.45. The third-order valence-electron chi connectivity index (χ3n) is 7.09. The first-order valence-corrected chi connectivity index (χ1v) is 13.8. The Bertz CT molecular complexity index is 1490. The van der Waals surface area contributed by atoms with Gasteiger partial charge in [-0.25, -0.2) is 13.7 Å². The van der Waals surface area contributed by atoms with Crippen molar-refractivity contribution in [2.75, 3.05) is 6.54 Å². The minimum atomic E-state index is -1.13. The molecule has 0 aliphatic rings. The zero-order valence-corrected chi connectivity index (χ0v) is 25.5. The molecule has 0 aromatic carbocycles. The van der Waals surface area contributed by atoms with Gasteiger partial charge in [-0.05, 0) is 42.5 Å². The molecule has 3 aromatic rings. The zero-order chi connectivity index (χ0) is 34.1. The van der Waals surface area contributed by atoms with Crippen LogP contribution in [0, 0.1) is 30.3 Å². The molecule has 3 rings (SSSR count). The van der Waals surface area contributed by atoms with Crippen molar-refractivity contribution >= 4 is 29.3 Å². The van der Waals surface area contributed by atoms with E-state index < -0.39 is 37.9 Å². The molecule has 0 radical (unpaired) electrons. The van der Waals surface area contributed by atoms with Crippen molar-refractivity contribution in [1.82, 2.24) is 39.5 Å². The lowest BCUT2D eigenvalue weighted by atomic mass is 9.95. The number of hydrogen-bond acceptors (Lipinski definition) is 16. The summed E-state index contributed by atoms with van der Waals surface area (Å²) in [7, 11) is 0. The first kappa shape index (κ1) is 35.1. The Morgan fingerprint density at radius 2 is 1.22 bits per heavy atom. The summed E-state index contributed by atoms with van der Waals surface area (Å²) >= 11 is 0. The van der Waals surface area contributed by atoms with Crippen molar-refractivity contribution < 1.29 is 30.0 Å². The topological polar surface area (TPSA) is 281 Å². The monoisotopic (exact) mass is 649 g/mol. The number of imidazole rings is 3. The van der Waals surface area contributed by atoms with Crippen molar-refractivity contribution in [3.8, 4) is 0 Å². The Labute approximate surface area is 260 Å². The van der Waals surface area contributed by atoms with Crippen LogP contribution < -0.4 is 10.8 Å². The summed E-state index contributed by atoms with van der Waals surface area (Å²) in [5, 5.41) is 63.4. The molecular weight excluding hydrogens is 614 g/mol. The van der Waals surface area contributed by atoms with Crippen LogP contribution in [0.25, 0.3) is 0 Å². The Hall–Kier alpha value is -5.35. The van der Waals surface area contributed by atoms with Gasteiger partial charge in [0.05, 0.1) is 35.6 Å². The Morgan fingerprint density at radius 1 is 0.804 bits per heavy atom. The van der Waals surface area contributed by atoms with Crippen LogP contribution in [-0.4, -0.2) is 89.0 Å². The average Bonchev–Trinajstić information content (AvgIpc) is 3.76. The normalized spacial score (nSPS) is 13.6. The van der Waals surface area contributed by atoms with Gasteiger partial charge in [0.25, 0.3) is 0 Å². The average molecular weight is 650 g/mol. The van der Waals surface area contributed by atoms with Crippen LogP contribution in [-0.2, 0) is 24.5 Å². The van der Waals surface area contributed by atoms with Crippen molar-refractivity contribution in [3.05, 3.63) is 67.5 Å². The van der Waals surface area contributed by atoms with Crippen LogP contribution in [0.15, 0.2) is 47.5 Å². The number of nitrogens with zero attached hydrogens (tertiary/aromatic N) is 11. The van der Waals surface area contributed by atoms with Gasteiger partial charge in [0, 0.05) is 19.4 Å². The molecule has 46 heavy (non-hydrogen) atoms. The summed E-state index contributed by atoms with van der Waals surface area (Å²) in [4.78, 5) is 49.1. The van der Waals surface area contributed by atoms with E-state index >= 15 is 0 Å². The molecule has 0 bridgehead atoms. The van der Waals surface area contributed by atoms with Crippen LogP contribution >= 0.6 is 0 Å². The van der Waals surface area contributed by atoms with E-state index in [1.807, 2.05) is 0 Å². The van der Waals surface area contributed by atoms with Crippen molar-refractivity contribution in [1.29, 1.82) is 0 Å². The molecule has 4 N–H and O–H groups in total. The molecule has 0 fully saturated rings. The molecule has 0 aliphatic carbocycles.